The third kappa shape index (κ3) is 5.38. The molecule has 1 N–H and O–H groups in total. The van der Waals surface area contributed by atoms with Crippen molar-refractivity contribution in [2.75, 3.05) is 32.1 Å². The molecule has 1 amide bonds. The van der Waals surface area contributed by atoms with E-state index in [1.54, 1.807) is 24.3 Å². The predicted octanol–water partition coefficient (Wildman–Crippen LogP) is 2.31. The first kappa shape index (κ1) is 27.2. The second-order valence-corrected chi connectivity index (χ2v) is 12.1. The number of methoxy groups -OCH3 is 1. The summed E-state index contributed by atoms with van der Waals surface area (Å²) in [4.78, 5) is 24.1. The Morgan fingerprint density at radius 3 is 2.05 bits per heavy atom. The van der Waals surface area contributed by atoms with Crippen LogP contribution in [-0.2, 0) is 24.8 Å². The molecule has 1 atom stereocenters. The Morgan fingerprint density at radius 1 is 0.921 bits per heavy atom. The number of nitro groups is 1. The van der Waals surface area contributed by atoms with E-state index >= 15 is 0 Å². The fourth-order valence-corrected chi connectivity index (χ4v) is 7.10. The smallest absolute Gasteiger partial charge is 0.271 e. The van der Waals surface area contributed by atoms with E-state index in [0.717, 1.165) is 14.7 Å². The number of nitrogens with zero attached hydrogens (tertiary/aromatic N) is 3. The first-order valence-corrected chi connectivity index (χ1v) is 14.2. The molecule has 1 heterocycles. The molecule has 1 saturated heterocycles. The van der Waals surface area contributed by atoms with E-state index in [1.165, 1.54) is 55.6 Å². The Kier molecular flexibility index (Phi) is 7.78. The van der Waals surface area contributed by atoms with Crippen LogP contribution in [0.5, 0.6) is 5.75 Å². The summed E-state index contributed by atoms with van der Waals surface area (Å²) in [5, 5.41) is 13.8. The molecular formula is C24H24N4O8S2. The van der Waals surface area contributed by atoms with Gasteiger partial charge in [-0.1, -0.05) is 36.4 Å². The molecule has 3 aromatic rings. The molecule has 12 nitrogen and oxygen atoms in total. The van der Waals surface area contributed by atoms with Crippen LogP contribution in [0.3, 0.4) is 0 Å². The minimum absolute atomic E-state index is 0.00104. The Bertz CT molecular complexity index is 1550. The van der Waals surface area contributed by atoms with E-state index in [4.69, 9.17) is 4.74 Å². The highest BCUT2D eigenvalue weighted by Crippen LogP contribution is 2.31. The lowest BCUT2D eigenvalue weighted by Crippen LogP contribution is -2.60. The van der Waals surface area contributed by atoms with Crippen molar-refractivity contribution < 1.29 is 31.3 Å². The van der Waals surface area contributed by atoms with E-state index in [9.17, 15) is 31.7 Å². The summed E-state index contributed by atoms with van der Waals surface area (Å²) in [6, 6.07) is 17.1. The van der Waals surface area contributed by atoms with E-state index in [1.807, 2.05) is 0 Å². The van der Waals surface area contributed by atoms with Crippen molar-refractivity contribution in [3.8, 4) is 5.75 Å². The maximum absolute atomic E-state index is 13.6. The first-order valence-electron chi connectivity index (χ1n) is 11.3. The number of amides is 1. The minimum Gasteiger partial charge on any atom is -0.495 e. The second-order valence-electron chi connectivity index (χ2n) is 8.25. The number of carbonyl (C=O) groups excluding carboxylic acids is 1. The molecule has 0 aromatic heterocycles. The lowest BCUT2D eigenvalue weighted by atomic mass is 10.2. The Balaban J connectivity index is 1.73. The van der Waals surface area contributed by atoms with Gasteiger partial charge in [0.15, 0.2) is 0 Å². The van der Waals surface area contributed by atoms with Crippen molar-refractivity contribution in [3.63, 3.8) is 0 Å². The number of rotatable bonds is 8. The standard InChI is InChI=1S/C24H24N4O8S2/c1-36-23-13-12-18(28(30)31)16-21(23)25-24(29)22-17-26(37(32,33)19-8-4-2-5-9-19)14-15-27(22)38(34,35)20-10-6-3-7-11-20/h2-13,16,22H,14-15,17H2,1H3,(H,25,29). The molecule has 3 aromatic carbocycles. The van der Waals surface area contributed by atoms with Crippen LogP contribution in [0, 0.1) is 10.1 Å². The van der Waals surface area contributed by atoms with Crippen LogP contribution < -0.4 is 10.1 Å². The summed E-state index contributed by atoms with van der Waals surface area (Å²) in [6.07, 6.45) is 0. The molecule has 200 valence electrons. The Labute approximate surface area is 219 Å². The van der Waals surface area contributed by atoms with Gasteiger partial charge in [0, 0.05) is 31.8 Å². The van der Waals surface area contributed by atoms with Crippen LogP contribution in [-0.4, -0.2) is 69.1 Å². The summed E-state index contributed by atoms with van der Waals surface area (Å²) in [6.45, 7) is -0.965. The third-order valence-electron chi connectivity index (χ3n) is 5.98. The molecule has 0 bridgehead atoms. The van der Waals surface area contributed by atoms with Gasteiger partial charge in [-0.25, -0.2) is 16.8 Å². The van der Waals surface area contributed by atoms with Gasteiger partial charge in [0.1, 0.15) is 11.8 Å². The summed E-state index contributed by atoms with van der Waals surface area (Å²) < 4.78 is 60.8. The van der Waals surface area contributed by atoms with Crippen molar-refractivity contribution in [1.29, 1.82) is 0 Å². The Hall–Kier alpha value is -3.85. The molecule has 1 aliphatic heterocycles. The van der Waals surface area contributed by atoms with Crippen molar-refractivity contribution in [2.45, 2.75) is 15.8 Å². The zero-order chi connectivity index (χ0) is 27.5. The van der Waals surface area contributed by atoms with Crippen LogP contribution in [0.25, 0.3) is 0 Å². The number of nitro benzene ring substituents is 1. The number of anilines is 1. The van der Waals surface area contributed by atoms with Crippen LogP contribution >= 0.6 is 0 Å². The average molecular weight is 561 g/mol. The van der Waals surface area contributed by atoms with Crippen LogP contribution in [0.2, 0.25) is 0 Å². The van der Waals surface area contributed by atoms with Gasteiger partial charge < -0.3 is 10.1 Å². The van der Waals surface area contributed by atoms with Crippen LogP contribution in [0.15, 0.2) is 88.7 Å². The molecule has 0 saturated carbocycles. The van der Waals surface area contributed by atoms with Gasteiger partial charge >= 0.3 is 0 Å². The molecule has 38 heavy (non-hydrogen) atoms. The molecule has 0 aliphatic carbocycles. The summed E-state index contributed by atoms with van der Waals surface area (Å²) >= 11 is 0. The number of hydrogen-bond donors (Lipinski definition) is 1. The van der Waals surface area contributed by atoms with Gasteiger partial charge in [0.2, 0.25) is 26.0 Å². The highest BCUT2D eigenvalue weighted by molar-refractivity contribution is 7.89. The first-order chi connectivity index (χ1) is 18.1. The van der Waals surface area contributed by atoms with Crippen LogP contribution in [0.4, 0.5) is 11.4 Å². The van der Waals surface area contributed by atoms with E-state index in [0.29, 0.717) is 0 Å². The van der Waals surface area contributed by atoms with Gasteiger partial charge in [0.05, 0.1) is 27.5 Å². The number of sulfonamides is 2. The average Bonchev–Trinajstić information content (AvgIpc) is 2.93. The maximum atomic E-state index is 13.6. The van der Waals surface area contributed by atoms with Gasteiger partial charge in [-0.3, -0.25) is 14.9 Å². The number of benzene rings is 3. The fraction of sp³-hybridized carbons (Fsp3) is 0.208. The van der Waals surface area contributed by atoms with Crippen molar-refractivity contribution in [3.05, 3.63) is 89.0 Å². The normalized spacial score (nSPS) is 17.0. The number of piperazine rings is 1. The van der Waals surface area contributed by atoms with Gasteiger partial charge in [-0.15, -0.1) is 0 Å². The lowest BCUT2D eigenvalue weighted by molar-refractivity contribution is -0.384. The minimum atomic E-state index is -4.21. The monoisotopic (exact) mass is 560 g/mol. The molecule has 1 unspecified atom stereocenters. The third-order valence-corrected chi connectivity index (χ3v) is 9.78. The number of nitrogens with one attached hydrogen (secondary N) is 1. The molecule has 0 radical (unpaired) electrons. The van der Waals surface area contributed by atoms with Crippen molar-refractivity contribution in [1.82, 2.24) is 8.61 Å². The lowest BCUT2D eigenvalue weighted by Gasteiger charge is -2.39. The maximum Gasteiger partial charge on any atom is 0.271 e. The van der Waals surface area contributed by atoms with Crippen LogP contribution in [0.1, 0.15) is 0 Å². The SMILES string of the molecule is COc1ccc([N+](=O)[O-])cc1NC(=O)C1CN(S(=O)(=O)c2ccccc2)CCN1S(=O)(=O)c1ccccc1. The molecule has 1 fully saturated rings. The largest absolute Gasteiger partial charge is 0.495 e. The molecular weight excluding hydrogens is 536 g/mol. The van der Waals surface area contributed by atoms with Crippen molar-refractivity contribution in [2.24, 2.45) is 0 Å². The Morgan fingerprint density at radius 2 is 1.50 bits per heavy atom. The molecule has 4 rings (SSSR count). The number of hydrogen-bond acceptors (Lipinski definition) is 8. The summed E-state index contributed by atoms with van der Waals surface area (Å²) in [7, 11) is -6.95. The highest BCUT2D eigenvalue weighted by atomic mass is 32.2. The molecule has 1 aliphatic rings. The second kappa shape index (κ2) is 10.9. The summed E-state index contributed by atoms with van der Waals surface area (Å²) in [5.74, 6) is -0.776. The topological polar surface area (TPSA) is 156 Å². The number of carbonyl (C=O) groups is 1. The molecule has 14 heteroatoms. The predicted molar refractivity (Wildman–Crippen MR) is 138 cm³/mol. The molecule has 0 spiro atoms. The van der Waals surface area contributed by atoms with Gasteiger partial charge in [0.25, 0.3) is 5.69 Å². The zero-order valence-corrected chi connectivity index (χ0v) is 21.8. The zero-order valence-electron chi connectivity index (χ0n) is 20.1. The van der Waals surface area contributed by atoms with E-state index in [2.05, 4.69) is 5.32 Å². The number of ether oxygens (including phenoxy) is 1. The highest BCUT2D eigenvalue weighted by Gasteiger charge is 2.43. The van der Waals surface area contributed by atoms with Gasteiger partial charge in [-0.05, 0) is 30.3 Å². The van der Waals surface area contributed by atoms with Gasteiger partial charge in [-0.2, -0.15) is 8.61 Å². The van der Waals surface area contributed by atoms with Crippen molar-refractivity contribution >= 4 is 37.3 Å². The van der Waals surface area contributed by atoms with E-state index < -0.39 is 43.5 Å². The van der Waals surface area contributed by atoms with E-state index in [-0.39, 0.29) is 40.0 Å². The fourth-order valence-electron chi connectivity index (χ4n) is 4.05. The quantitative estimate of drug-likeness (QED) is 0.325. The summed E-state index contributed by atoms with van der Waals surface area (Å²) in [5.41, 5.74) is -0.390. The number of non-ortho nitro benzene ring substituents is 1.